The zero-order valence-corrected chi connectivity index (χ0v) is 11.3. The Balaban J connectivity index is 2.13. The van der Waals surface area contributed by atoms with Crippen LogP contribution in [0.3, 0.4) is 0 Å². The number of hydrogen-bond donors (Lipinski definition) is 2. The number of aromatic nitrogens is 2. The molecule has 0 unspecified atom stereocenters. The van der Waals surface area contributed by atoms with Gasteiger partial charge < -0.3 is 5.32 Å². The van der Waals surface area contributed by atoms with E-state index in [1.54, 1.807) is 0 Å². The summed E-state index contributed by atoms with van der Waals surface area (Å²) in [7, 11) is 0. The predicted molar refractivity (Wildman–Crippen MR) is 76.9 cm³/mol. The Kier molecular flexibility index (Phi) is 4.03. The summed E-state index contributed by atoms with van der Waals surface area (Å²) in [4.78, 5) is 0. The van der Waals surface area contributed by atoms with Gasteiger partial charge in [-0.1, -0.05) is 45.0 Å². The third kappa shape index (κ3) is 2.92. The molecule has 0 fully saturated rings. The first-order chi connectivity index (χ1) is 8.70. The summed E-state index contributed by atoms with van der Waals surface area (Å²) in [6, 6.07) is 10.7. The maximum absolute atomic E-state index is 4.25. The number of H-pyrrole nitrogens is 1. The van der Waals surface area contributed by atoms with Gasteiger partial charge in [-0.25, -0.2) is 0 Å². The first-order valence-electron chi connectivity index (χ1n) is 6.60. The molecule has 0 bridgehead atoms. The molecule has 18 heavy (non-hydrogen) atoms. The summed E-state index contributed by atoms with van der Waals surface area (Å²) in [5, 5.41) is 10.6. The summed E-state index contributed by atoms with van der Waals surface area (Å²) in [6.45, 7) is 7.51. The molecule has 2 N–H and O–H groups in total. The van der Waals surface area contributed by atoms with Crippen LogP contribution in [0.25, 0.3) is 11.3 Å². The molecule has 1 heterocycles. The molecule has 2 rings (SSSR count). The van der Waals surface area contributed by atoms with Gasteiger partial charge in [-0.3, -0.25) is 5.10 Å². The molecule has 2 aromatic rings. The van der Waals surface area contributed by atoms with E-state index >= 15 is 0 Å². The van der Waals surface area contributed by atoms with E-state index < -0.39 is 0 Å². The van der Waals surface area contributed by atoms with Crippen molar-refractivity contribution in [2.45, 2.75) is 33.1 Å². The molecule has 0 aliphatic carbocycles. The first kappa shape index (κ1) is 12.7. The number of hydrogen-bond acceptors (Lipinski definition) is 2. The average molecular weight is 243 g/mol. The molecule has 0 aliphatic heterocycles. The normalized spacial score (nSPS) is 10.9. The van der Waals surface area contributed by atoms with E-state index in [0.717, 1.165) is 24.5 Å². The summed E-state index contributed by atoms with van der Waals surface area (Å²) in [6.07, 6.45) is 1.10. The second-order valence-corrected chi connectivity index (χ2v) is 4.87. The Morgan fingerprint density at radius 1 is 1.22 bits per heavy atom. The highest BCUT2D eigenvalue weighted by Crippen LogP contribution is 2.22. The summed E-state index contributed by atoms with van der Waals surface area (Å²) >= 11 is 0. The molecular weight excluding hydrogens is 222 g/mol. The summed E-state index contributed by atoms with van der Waals surface area (Å²) < 4.78 is 0. The topological polar surface area (TPSA) is 40.7 Å². The largest absolute Gasteiger partial charge is 0.369 e. The van der Waals surface area contributed by atoms with Crippen LogP contribution in [0.2, 0.25) is 0 Å². The monoisotopic (exact) mass is 243 g/mol. The van der Waals surface area contributed by atoms with Crippen LogP contribution >= 0.6 is 0 Å². The van der Waals surface area contributed by atoms with E-state index in [1.807, 2.05) is 0 Å². The Bertz CT molecular complexity index is 483. The Hall–Kier alpha value is -1.77. The van der Waals surface area contributed by atoms with E-state index in [0.29, 0.717) is 5.92 Å². The highest BCUT2D eigenvalue weighted by Gasteiger charge is 2.04. The smallest absolute Gasteiger partial charge is 0.148 e. The van der Waals surface area contributed by atoms with Crippen molar-refractivity contribution < 1.29 is 0 Å². The van der Waals surface area contributed by atoms with Crippen LogP contribution in [-0.2, 0) is 0 Å². The van der Waals surface area contributed by atoms with E-state index in [2.05, 4.69) is 66.6 Å². The van der Waals surface area contributed by atoms with Crippen molar-refractivity contribution in [3.05, 3.63) is 35.9 Å². The van der Waals surface area contributed by atoms with Gasteiger partial charge in [0.15, 0.2) is 0 Å². The molecule has 0 spiro atoms. The number of benzene rings is 1. The molecule has 3 nitrogen and oxygen atoms in total. The molecule has 1 aromatic heterocycles. The molecule has 0 saturated heterocycles. The number of anilines is 1. The number of aromatic amines is 1. The number of nitrogens with one attached hydrogen (secondary N) is 2. The fraction of sp³-hybridized carbons (Fsp3) is 0.400. The van der Waals surface area contributed by atoms with Gasteiger partial charge in [-0.15, -0.1) is 0 Å². The Labute approximate surface area is 109 Å². The van der Waals surface area contributed by atoms with E-state index in [9.17, 15) is 0 Å². The number of nitrogens with zero attached hydrogens (tertiary/aromatic N) is 1. The second kappa shape index (κ2) is 5.71. The lowest BCUT2D eigenvalue weighted by molar-refractivity contribution is 0.867. The fourth-order valence-electron chi connectivity index (χ4n) is 1.86. The predicted octanol–water partition coefficient (Wildman–Crippen LogP) is 4.02. The molecule has 96 valence electrons. The SMILES string of the molecule is CCCNc1cc(-c2ccc(C(C)C)cc2)[nH]n1. The third-order valence-corrected chi connectivity index (χ3v) is 3.02. The van der Waals surface area contributed by atoms with Crippen molar-refractivity contribution >= 4 is 5.82 Å². The van der Waals surface area contributed by atoms with Crippen molar-refractivity contribution in [1.29, 1.82) is 0 Å². The van der Waals surface area contributed by atoms with Crippen LogP contribution in [0.5, 0.6) is 0 Å². The van der Waals surface area contributed by atoms with Crippen molar-refractivity contribution in [2.75, 3.05) is 11.9 Å². The zero-order chi connectivity index (χ0) is 13.0. The third-order valence-electron chi connectivity index (χ3n) is 3.02. The molecule has 3 heteroatoms. The van der Waals surface area contributed by atoms with Crippen LogP contribution in [0, 0.1) is 0 Å². The van der Waals surface area contributed by atoms with Gasteiger partial charge >= 0.3 is 0 Å². The lowest BCUT2D eigenvalue weighted by Gasteiger charge is -2.05. The Morgan fingerprint density at radius 3 is 2.56 bits per heavy atom. The van der Waals surface area contributed by atoms with Crippen molar-refractivity contribution in [1.82, 2.24) is 10.2 Å². The van der Waals surface area contributed by atoms with Crippen LogP contribution in [0.1, 0.15) is 38.7 Å². The second-order valence-electron chi connectivity index (χ2n) is 4.87. The standard InChI is InChI=1S/C15H21N3/c1-4-9-16-15-10-14(17-18-15)13-7-5-12(6-8-13)11(2)3/h5-8,10-11H,4,9H2,1-3H3,(H2,16,17,18). The summed E-state index contributed by atoms with van der Waals surface area (Å²) in [5.41, 5.74) is 3.60. The minimum absolute atomic E-state index is 0.572. The van der Waals surface area contributed by atoms with Gasteiger partial charge in [-0.05, 0) is 23.5 Å². The van der Waals surface area contributed by atoms with Gasteiger partial charge in [0.1, 0.15) is 5.82 Å². The quantitative estimate of drug-likeness (QED) is 0.832. The molecule has 0 atom stereocenters. The molecule has 0 aliphatic rings. The fourth-order valence-corrected chi connectivity index (χ4v) is 1.86. The zero-order valence-electron chi connectivity index (χ0n) is 11.3. The summed E-state index contributed by atoms with van der Waals surface area (Å²) in [5.74, 6) is 1.49. The van der Waals surface area contributed by atoms with Crippen molar-refractivity contribution in [3.63, 3.8) is 0 Å². The maximum atomic E-state index is 4.25. The molecular formula is C15H21N3. The lowest BCUT2D eigenvalue weighted by Crippen LogP contribution is -1.99. The number of rotatable bonds is 5. The van der Waals surface area contributed by atoms with E-state index in [1.165, 1.54) is 11.1 Å². The average Bonchev–Trinajstić information content (AvgIpc) is 2.85. The molecule has 0 amide bonds. The highest BCUT2D eigenvalue weighted by atomic mass is 15.2. The highest BCUT2D eigenvalue weighted by molar-refractivity contribution is 5.63. The minimum Gasteiger partial charge on any atom is -0.369 e. The molecule has 0 radical (unpaired) electrons. The van der Waals surface area contributed by atoms with Crippen LogP contribution < -0.4 is 5.32 Å². The van der Waals surface area contributed by atoms with Gasteiger partial charge in [0.05, 0.1) is 5.69 Å². The van der Waals surface area contributed by atoms with Crippen LogP contribution in [0.4, 0.5) is 5.82 Å². The Morgan fingerprint density at radius 2 is 1.94 bits per heavy atom. The van der Waals surface area contributed by atoms with Gasteiger partial charge in [-0.2, -0.15) is 5.10 Å². The van der Waals surface area contributed by atoms with Crippen molar-refractivity contribution in [2.24, 2.45) is 0 Å². The van der Waals surface area contributed by atoms with Crippen molar-refractivity contribution in [3.8, 4) is 11.3 Å². The van der Waals surface area contributed by atoms with Crippen LogP contribution in [0.15, 0.2) is 30.3 Å². The maximum Gasteiger partial charge on any atom is 0.148 e. The van der Waals surface area contributed by atoms with Gasteiger partial charge in [0.2, 0.25) is 0 Å². The minimum atomic E-state index is 0.572. The lowest BCUT2D eigenvalue weighted by atomic mass is 10.0. The first-order valence-corrected chi connectivity index (χ1v) is 6.60. The molecule has 0 saturated carbocycles. The van der Waals surface area contributed by atoms with Gasteiger partial charge in [0.25, 0.3) is 0 Å². The van der Waals surface area contributed by atoms with Gasteiger partial charge in [0, 0.05) is 12.6 Å². The van der Waals surface area contributed by atoms with Crippen LogP contribution in [-0.4, -0.2) is 16.7 Å². The van der Waals surface area contributed by atoms with E-state index in [-0.39, 0.29) is 0 Å². The van der Waals surface area contributed by atoms with E-state index in [4.69, 9.17) is 0 Å². The molecule has 1 aromatic carbocycles.